The molecule has 14 heavy (non-hydrogen) atoms. The first kappa shape index (κ1) is 11.7. The van der Waals surface area contributed by atoms with E-state index in [2.05, 4.69) is 35.1 Å². The Bertz CT molecular complexity index is 299. The van der Waals surface area contributed by atoms with Crippen LogP contribution >= 0.6 is 15.9 Å². The smallest absolute Gasteiger partial charge is 0.141 e. The Hall–Kier alpha value is -0.410. The highest BCUT2D eigenvalue weighted by Crippen LogP contribution is 2.18. The van der Waals surface area contributed by atoms with E-state index in [0.717, 1.165) is 6.54 Å². The van der Waals surface area contributed by atoms with Crippen LogP contribution in [0.3, 0.4) is 0 Å². The largest absolute Gasteiger partial charge is 0.312 e. The van der Waals surface area contributed by atoms with Gasteiger partial charge in [0.05, 0.1) is 4.47 Å². The molecule has 1 nitrogen and oxygen atoms in total. The molecule has 0 radical (unpaired) electrons. The highest BCUT2D eigenvalue weighted by Gasteiger charge is 2.04. The van der Waals surface area contributed by atoms with Crippen LogP contribution in [-0.4, -0.2) is 6.54 Å². The summed E-state index contributed by atoms with van der Waals surface area (Å²) in [5.41, 5.74) is 0.708. The molecular weight excluding hydrogens is 245 g/mol. The van der Waals surface area contributed by atoms with Gasteiger partial charge in [0.1, 0.15) is 5.82 Å². The summed E-state index contributed by atoms with van der Waals surface area (Å²) in [5.74, 6) is 0.425. The molecule has 0 heterocycles. The quantitative estimate of drug-likeness (QED) is 0.875. The fourth-order valence-electron chi connectivity index (χ4n) is 1.18. The molecule has 1 aromatic carbocycles. The van der Waals surface area contributed by atoms with Gasteiger partial charge in [-0.2, -0.15) is 0 Å². The zero-order valence-corrected chi connectivity index (χ0v) is 10.1. The number of nitrogens with one attached hydrogen (secondary N) is 1. The fraction of sp³-hybridized carbons (Fsp3) is 0.455. The molecule has 0 bridgehead atoms. The lowest BCUT2D eigenvalue weighted by atomic mass is 10.2. The van der Waals surface area contributed by atoms with Crippen LogP contribution in [0, 0.1) is 11.7 Å². The van der Waals surface area contributed by atoms with E-state index in [4.69, 9.17) is 0 Å². The summed E-state index contributed by atoms with van der Waals surface area (Å²) in [6, 6.07) is 5.36. The molecule has 0 atom stereocenters. The molecule has 1 N–H and O–H groups in total. The first-order valence-electron chi connectivity index (χ1n) is 4.75. The number of benzene rings is 1. The molecule has 3 heteroatoms. The minimum Gasteiger partial charge on any atom is -0.312 e. The average Bonchev–Trinajstić information content (AvgIpc) is 2.12. The van der Waals surface area contributed by atoms with Crippen LogP contribution in [0.1, 0.15) is 19.4 Å². The standard InChI is InChI=1S/C11H15BrFN/c1-8(2)6-14-7-9-4-3-5-10(12)11(9)13/h3-5,8,14H,6-7H2,1-2H3. The Balaban J connectivity index is 2.54. The summed E-state index contributed by atoms with van der Waals surface area (Å²) in [7, 11) is 0. The van der Waals surface area contributed by atoms with E-state index in [1.807, 2.05) is 6.07 Å². The third kappa shape index (κ3) is 3.39. The number of hydrogen-bond acceptors (Lipinski definition) is 1. The predicted octanol–water partition coefficient (Wildman–Crippen LogP) is 3.33. The molecule has 0 spiro atoms. The average molecular weight is 260 g/mol. The highest BCUT2D eigenvalue weighted by atomic mass is 79.9. The van der Waals surface area contributed by atoms with Gasteiger partial charge in [-0.05, 0) is 34.5 Å². The van der Waals surface area contributed by atoms with Crippen LogP contribution in [0.4, 0.5) is 4.39 Å². The lowest BCUT2D eigenvalue weighted by Gasteiger charge is -2.08. The van der Waals surface area contributed by atoms with E-state index < -0.39 is 0 Å². The number of hydrogen-bond donors (Lipinski definition) is 1. The van der Waals surface area contributed by atoms with Gasteiger partial charge in [-0.3, -0.25) is 0 Å². The van der Waals surface area contributed by atoms with Crippen molar-refractivity contribution in [3.8, 4) is 0 Å². The summed E-state index contributed by atoms with van der Waals surface area (Å²) in [6.45, 7) is 5.75. The molecule has 0 unspecified atom stereocenters. The Morgan fingerprint density at radius 1 is 1.43 bits per heavy atom. The molecule has 0 amide bonds. The lowest BCUT2D eigenvalue weighted by Crippen LogP contribution is -2.19. The van der Waals surface area contributed by atoms with Crippen LogP contribution in [0.25, 0.3) is 0 Å². The van der Waals surface area contributed by atoms with E-state index in [0.29, 0.717) is 22.5 Å². The highest BCUT2D eigenvalue weighted by molar-refractivity contribution is 9.10. The molecule has 1 rings (SSSR count). The van der Waals surface area contributed by atoms with Gasteiger partial charge in [-0.15, -0.1) is 0 Å². The van der Waals surface area contributed by atoms with Crippen molar-refractivity contribution in [2.24, 2.45) is 5.92 Å². The first-order valence-corrected chi connectivity index (χ1v) is 5.54. The molecule has 0 saturated carbocycles. The molecular formula is C11H15BrFN. The monoisotopic (exact) mass is 259 g/mol. The van der Waals surface area contributed by atoms with Gasteiger partial charge in [-0.25, -0.2) is 4.39 Å². The Morgan fingerprint density at radius 3 is 2.79 bits per heavy atom. The maximum Gasteiger partial charge on any atom is 0.141 e. The summed E-state index contributed by atoms with van der Waals surface area (Å²) in [4.78, 5) is 0. The van der Waals surface area contributed by atoms with Crippen LogP contribution in [0.15, 0.2) is 22.7 Å². The maximum atomic E-state index is 13.4. The van der Waals surface area contributed by atoms with Crippen molar-refractivity contribution in [3.63, 3.8) is 0 Å². The summed E-state index contributed by atoms with van der Waals surface area (Å²) in [6.07, 6.45) is 0. The van der Waals surface area contributed by atoms with E-state index in [9.17, 15) is 4.39 Å². The van der Waals surface area contributed by atoms with Crippen molar-refractivity contribution in [2.45, 2.75) is 20.4 Å². The molecule has 0 aliphatic carbocycles. The summed E-state index contributed by atoms with van der Waals surface area (Å²) in [5, 5.41) is 3.21. The number of rotatable bonds is 4. The van der Waals surface area contributed by atoms with Gasteiger partial charge < -0.3 is 5.32 Å². The van der Waals surface area contributed by atoms with Crippen LogP contribution in [0.5, 0.6) is 0 Å². The number of halogens is 2. The van der Waals surface area contributed by atoms with Crippen LogP contribution in [0.2, 0.25) is 0 Å². The SMILES string of the molecule is CC(C)CNCc1cccc(Br)c1F. The molecule has 1 aromatic rings. The van der Waals surface area contributed by atoms with E-state index in [1.165, 1.54) is 0 Å². The van der Waals surface area contributed by atoms with Gasteiger partial charge in [0, 0.05) is 12.1 Å². The second-order valence-corrected chi connectivity index (χ2v) is 4.59. The van der Waals surface area contributed by atoms with Crippen molar-refractivity contribution in [3.05, 3.63) is 34.1 Å². The third-order valence-corrected chi connectivity index (χ3v) is 2.51. The van der Waals surface area contributed by atoms with Crippen molar-refractivity contribution >= 4 is 15.9 Å². The van der Waals surface area contributed by atoms with E-state index >= 15 is 0 Å². The topological polar surface area (TPSA) is 12.0 Å². The van der Waals surface area contributed by atoms with Crippen molar-refractivity contribution < 1.29 is 4.39 Å². The van der Waals surface area contributed by atoms with Crippen LogP contribution < -0.4 is 5.32 Å². The second-order valence-electron chi connectivity index (χ2n) is 3.74. The zero-order chi connectivity index (χ0) is 10.6. The van der Waals surface area contributed by atoms with E-state index in [-0.39, 0.29) is 5.82 Å². The molecule has 0 aromatic heterocycles. The Kier molecular flexibility index (Phi) is 4.55. The molecule has 0 fully saturated rings. The van der Waals surface area contributed by atoms with Crippen molar-refractivity contribution in [1.29, 1.82) is 0 Å². The molecule has 78 valence electrons. The Morgan fingerprint density at radius 2 is 2.14 bits per heavy atom. The minimum atomic E-state index is -0.163. The zero-order valence-electron chi connectivity index (χ0n) is 8.48. The fourth-order valence-corrected chi connectivity index (χ4v) is 1.59. The van der Waals surface area contributed by atoms with Crippen molar-refractivity contribution in [2.75, 3.05) is 6.54 Å². The van der Waals surface area contributed by atoms with Gasteiger partial charge in [-0.1, -0.05) is 26.0 Å². The van der Waals surface area contributed by atoms with Gasteiger partial charge in [0.25, 0.3) is 0 Å². The summed E-state index contributed by atoms with van der Waals surface area (Å²) < 4.78 is 14.0. The first-order chi connectivity index (χ1) is 6.61. The van der Waals surface area contributed by atoms with Crippen molar-refractivity contribution in [1.82, 2.24) is 5.32 Å². The normalized spacial score (nSPS) is 10.9. The summed E-state index contributed by atoms with van der Waals surface area (Å²) >= 11 is 3.16. The molecule has 0 aliphatic heterocycles. The van der Waals surface area contributed by atoms with Gasteiger partial charge in [0.2, 0.25) is 0 Å². The predicted molar refractivity (Wildman–Crippen MR) is 60.6 cm³/mol. The van der Waals surface area contributed by atoms with Gasteiger partial charge in [0.15, 0.2) is 0 Å². The van der Waals surface area contributed by atoms with Crippen LogP contribution in [-0.2, 0) is 6.54 Å². The second kappa shape index (κ2) is 5.47. The Labute approximate surface area is 92.8 Å². The van der Waals surface area contributed by atoms with E-state index in [1.54, 1.807) is 12.1 Å². The lowest BCUT2D eigenvalue weighted by molar-refractivity contribution is 0.533. The maximum absolute atomic E-state index is 13.4. The molecule has 0 aliphatic rings. The minimum absolute atomic E-state index is 0.163. The molecule has 0 saturated heterocycles. The third-order valence-electron chi connectivity index (χ3n) is 1.90. The van der Waals surface area contributed by atoms with Gasteiger partial charge >= 0.3 is 0 Å².